The molecule has 0 spiro atoms. The number of benzene rings is 4. The van der Waals surface area contributed by atoms with Gasteiger partial charge in [0.2, 0.25) is 0 Å². The van der Waals surface area contributed by atoms with Crippen molar-refractivity contribution in [3.05, 3.63) is 144 Å². The van der Waals surface area contributed by atoms with Crippen molar-refractivity contribution in [2.24, 2.45) is 0 Å². The molecule has 0 aromatic heterocycles. The predicted molar refractivity (Wildman–Crippen MR) is 144 cm³/mol. The van der Waals surface area contributed by atoms with Crippen molar-refractivity contribution in [3.8, 4) is 22.6 Å². The SMILES string of the molecule is C=COc1ccc(C2(c3ccc(OC=C)c(CC)c3)c3ccccc3-c3ccccc32)cc1CC. The van der Waals surface area contributed by atoms with Crippen LogP contribution in [0, 0.1) is 0 Å². The van der Waals surface area contributed by atoms with Crippen LogP contribution < -0.4 is 9.47 Å². The van der Waals surface area contributed by atoms with E-state index in [1.54, 1.807) is 0 Å². The van der Waals surface area contributed by atoms with E-state index < -0.39 is 5.41 Å². The molecular formula is C33H30O2. The third-order valence-electron chi connectivity index (χ3n) is 7.12. The Morgan fingerprint density at radius 1 is 0.629 bits per heavy atom. The first-order chi connectivity index (χ1) is 17.2. The van der Waals surface area contributed by atoms with E-state index in [1.165, 1.54) is 45.9 Å². The van der Waals surface area contributed by atoms with Gasteiger partial charge in [-0.15, -0.1) is 0 Å². The highest BCUT2D eigenvalue weighted by Gasteiger charge is 2.46. The summed E-state index contributed by atoms with van der Waals surface area (Å²) in [6.45, 7) is 11.8. The van der Waals surface area contributed by atoms with Crippen molar-refractivity contribution in [2.45, 2.75) is 32.1 Å². The van der Waals surface area contributed by atoms with Gasteiger partial charge in [-0.2, -0.15) is 0 Å². The van der Waals surface area contributed by atoms with Crippen molar-refractivity contribution >= 4 is 0 Å². The fourth-order valence-corrected chi connectivity index (χ4v) is 5.61. The molecule has 1 aliphatic carbocycles. The van der Waals surface area contributed by atoms with Crippen LogP contribution >= 0.6 is 0 Å². The lowest BCUT2D eigenvalue weighted by Gasteiger charge is -2.35. The topological polar surface area (TPSA) is 18.5 Å². The zero-order valence-corrected chi connectivity index (χ0v) is 20.4. The van der Waals surface area contributed by atoms with Gasteiger partial charge in [-0.1, -0.05) is 99.8 Å². The molecule has 2 nitrogen and oxygen atoms in total. The summed E-state index contributed by atoms with van der Waals surface area (Å²) in [5.74, 6) is 1.70. The van der Waals surface area contributed by atoms with E-state index in [4.69, 9.17) is 9.47 Å². The number of hydrogen-bond donors (Lipinski definition) is 0. The quantitative estimate of drug-likeness (QED) is 0.218. The lowest BCUT2D eigenvalue weighted by atomic mass is 9.67. The highest BCUT2D eigenvalue weighted by molar-refractivity contribution is 5.86. The van der Waals surface area contributed by atoms with Crippen LogP contribution in [0.1, 0.15) is 47.2 Å². The highest BCUT2D eigenvalue weighted by Crippen LogP contribution is 2.56. The summed E-state index contributed by atoms with van der Waals surface area (Å²) in [5, 5.41) is 0. The standard InChI is InChI=1S/C33H30O2/c1-5-23-21-25(17-19-31(23)34-7-3)33(26-18-20-32(35-8-4)24(6-2)22-26)29-15-11-9-13-27(29)28-14-10-12-16-30(28)33/h7-22H,3-6H2,1-2H3. The van der Waals surface area contributed by atoms with Crippen molar-refractivity contribution in [1.82, 2.24) is 0 Å². The molecular weight excluding hydrogens is 428 g/mol. The zero-order valence-electron chi connectivity index (χ0n) is 20.4. The first-order valence-corrected chi connectivity index (χ1v) is 12.2. The molecule has 0 heterocycles. The molecule has 4 aromatic carbocycles. The van der Waals surface area contributed by atoms with E-state index in [-0.39, 0.29) is 0 Å². The van der Waals surface area contributed by atoms with Gasteiger partial charge in [-0.25, -0.2) is 0 Å². The predicted octanol–water partition coefficient (Wildman–Crippen LogP) is 8.22. The Morgan fingerprint density at radius 3 is 1.46 bits per heavy atom. The minimum atomic E-state index is -0.458. The smallest absolute Gasteiger partial charge is 0.129 e. The van der Waals surface area contributed by atoms with Crippen molar-refractivity contribution < 1.29 is 9.47 Å². The maximum absolute atomic E-state index is 5.74. The lowest BCUT2D eigenvalue weighted by Crippen LogP contribution is -2.29. The van der Waals surface area contributed by atoms with Gasteiger partial charge in [-0.05, 0) is 69.5 Å². The molecule has 4 aromatic rings. The zero-order chi connectivity index (χ0) is 24.4. The van der Waals surface area contributed by atoms with Crippen molar-refractivity contribution in [3.63, 3.8) is 0 Å². The van der Waals surface area contributed by atoms with Gasteiger partial charge in [0.15, 0.2) is 0 Å². The van der Waals surface area contributed by atoms with Gasteiger partial charge in [0, 0.05) is 0 Å². The van der Waals surface area contributed by atoms with Gasteiger partial charge in [0.05, 0.1) is 17.9 Å². The monoisotopic (exact) mass is 458 g/mol. The van der Waals surface area contributed by atoms with Crippen LogP contribution in [0.2, 0.25) is 0 Å². The lowest BCUT2D eigenvalue weighted by molar-refractivity contribution is 0.476. The Kier molecular flexibility index (Phi) is 6.05. The van der Waals surface area contributed by atoms with Gasteiger partial charge in [-0.3, -0.25) is 0 Å². The van der Waals surface area contributed by atoms with Crippen LogP contribution in [0.4, 0.5) is 0 Å². The summed E-state index contributed by atoms with van der Waals surface area (Å²) in [7, 11) is 0. The molecule has 1 aliphatic rings. The normalized spacial score (nSPS) is 13.0. The molecule has 0 aliphatic heterocycles. The van der Waals surface area contributed by atoms with Gasteiger partial charge in [0.25, 0.3) is 0 Å². The van der Waals surface area contributed by atoms with E-state index in [0.717, 1.165) is 35.5 Å². The van der Waals surface area contributed by atoms with E-state index >= 15 is 0 Å². The Balaban J connectivity index is 1.88. The average Bonchev–Trinajstić information content (AvgIpc) is 3.21. The molecule has 0 saturated carbocycles. The maximum atomic E-state index is 5.74. The highest BCUT2D eigenvalue weighted by atomic mass is 16.5. The average molecular weight is 459 g/mol. The largest absolute Gasteiger partial charge is 0.465 e. The molecule has 0 amide bonds. The summed E-state index contributed by atoms with van der Waals surface area (Å²) in [6.07, 6.45) is 4.72. The van der Waals surface area contributed by atoms with Crippen molar-refractivity contribution in [1.29, 1.82) is 0 Å². The molecule has 0 unspecified atom stereocenters. The van der Waals surface area contributed by atoms with Gasteiger partial charge >= 0.3 is 0 Å². The van der Waals surface area contributed by atoms with E-state index in [9.17, 15) is 0 Å². The van der Waals surface area contributed by atoms with Crippen molar-refractivity contribution in [2.75, 3.05) is 0 Å². The number of ether oxygens (including phenoxy) is 2. The van der Waals surface area contributed by atoms with Crippen LogP contribution in [0.5, 0.6) is 11.5 Å². The van der Waals surface area contributed by atoms with Crippen LogP contribution in [0.25, 0.3) is 11.1 Å². The van der Waals surface area contributed by atoms with E-state index in [2.05, 4.69) is 112 Å². The third kappa shape index (κ3) is 3.49. The minimum Gasteiger partial charge on any atom is -0.465 e. The Hall–Kier alpha value is -4.04. The van der Waals surface area contributed by atoms with Gasteiger partial charge in [0.1, 0.15) is 11.5 Å². The van der Waals surface area contributed by atoms with E-state index in [1.807, 2.05) is 0 Å². The fraction of sp³-hybridized carbons (Fsp3) is 0.152. The number of aryl methyl sites for hydroxylation is 2. The Bertz CT molecular complexity index is 1300. The second-order valence-electron chi connectivity index (χ2n) is 8.76. The molecule has 0 N–H and O–H groups in total. The number of fused-ring (bicyclic) bond motifs is 3. The first kappa shape index (κ1) is 22.7. The van der Waals surface area contributed by atoms with Crippen LogP contribution in [-0.2, 0) is 18.3 Å². The molecule has 0 bridgehead atoms. The Morgan fingerprint density at radius 2 is 1.06 bits per heavy atom. The summed E-state index contributed by atoms with van der Waals surface area (Å²) >= 11 is 0. The van der Waals surface area contributed by atoms with Crippen LogP contribution in [0.3, 0.4) is 0 Å². The summed E-state index contributed by atoms with van der Waals surface area (Å²) in [4.78, 5) is 0. The minimum absolute atomic E-state index is 0.458. The molecule has 174 valence electrons. The molecule has 2 heteroatoms. The molecule has 0 fully saturated rings. The number of rotatable bonds is 8. The molecule has 35 heavy (non-hydrogen) atoms. The summed E-state index contributed by atoms with van der Waals surface area (Å²) in [5.41, 5.74) is 9.44. The summed E-state index contributed by atoms with van der Waals surface area (Å²) in [6, 6.07) is 30.7. The molecule has 5 rings (SSSR count). The number of hydrogen-bond acceptors (Lipinski definition) is 2. The first-order valence-electron chi connectivity index (χ1n) is 12.2. The third-order valence-corrected chi connectivity index (χ3v) is 7.12. The summed E-state index contributed by atoms with van der Waals surface area (Å²) < 4.78 is 11.5. The van der Waals surface area contributed by atoms with Crippen LogP contribution in [0.15, 0.2) is 111 Å². The fourth-order valence-electron chi connectivity index (χ4n) is 5.61. The second kappa shape index (κ2) is 9.31. The van der Waals surface area contributed by atoms with Gasteiger partial charge < -0.3 is 9.47 Å². The maximum Gasteiger partial charge on any atom is 0.129 e. The molecule has 0 radical (unpaired) electrons. The van der Waals surface area contributed by atoms with Crippen LogP contribution in [-0.4, -0.2) is 0 Å². The molecule has 0 atom stereocenters. The van der Waals surface area contributed by atoms with E-state index in [0.29, 0.717) is 0 Å². The Labute approximate surface area is 208 Å². The second-order valence-corrected chi connectivity index (χ2v) is 8.76. The molecule has 0 saturated heterocycles.